The third-order valence-corrected chi connectivity index (χ3v) is 3.32. The van der Waals surface area contributed by atoms with Crippen molar-refractivity contribution in [2.24, 2.45) is 5.41 Å². The third kappa shape index (κ3) is 4.96. The highest BCUT2D eigenvalue weighted by Gasteiger charge is 2.39. The molecule has 0 radical (unpaired) electrons. The minimum Gasteiger partial charge on any atom is -0.481 e. The zero-order chi connectivity index (χ0) is 14.7. The topological polar surface area (TPSA) is 69.6 Å². The third-order valence-electron chi connectivity index (χ3n) is 3.32. The van der Waals surface area contributed by atoms with Crippen molar-refractivity contribution in [1.29, 1.82) is 0 Å². The van der Waals surface area contributed by atoms with Crippen molar-refractivity contribution in [2.45, 2.75) is 31.9 Å². The van der Waals surface area contributed by atoms with Gasteiger partial charge in [-0.05, 0) is 18.3 Å². The quantitative estimate of drug-likeness (QED) is 0.808. The molecule has 0 saturated heterocycles. The molecule has 0 bridgehead atoms. The van der Waals surface area contributed by atoms with Gasteiger partial charge in [-0.1, -0.05) is 6.42 Å². The second-order valence-electron chi connectivity index (χ2n) is 5.05. The number of amides is 2. The van der Waals surface area contributed by atoms with E-state index in [2.05, 4.69) is 5.32 Å². The maximum absolute atomic E-state index is 12.1. The molecule has 0 aromatic carbocycles. The van der Waals surface area contributed by atoms with Gasteiger partial charge in [0.25, 0.3) is 0 Å². The fourth-order valence-corrected chi connectivity index (χ4v) is 2.15. The Bertz CT molecular complexity index is 354. The van der Waals surface area contributed by atoms with Crippen LogP contribution in [0.1, 0.15) is 25.7 Å². The average Bonchev–Trinajstić information content (AvgIpc) is 2.18. The smallest absolute Gasteiger partial charge is 0.406 e. The van der Waals surface area contributed by atoms with Crippen molar-refractivity contribution in [3.8, 4) is 0 Å². The van der Waals surface area contributed by atoms with Gasteiger partial charge >= 0.3 is 18.2 Å². The van der Waals surface area contributed by atoms with E-state index >= 15 is 0 Å². The summed E-state index contributed by atoms with van der Waals surface area (Å²) in [4.78, 5) is 22.7. The lowest BCUT2D eigenvalue weighted by Crippen LogP contribution is -2.48. The molecular weight excluding hydrogens is 265 g/mol. The maximum Gasteiger partial charge on any atom is 0.406 e. The normalized spacial score (nSPS) is 17.5. The summed E-state index contributed by atoms with van der Waals surface area (Å²) >= 11 is 0. The fourth-order valence-electron chi connectivity index (χ4n) is 2.15. The Morgan fingerprint density at radius 2 is 1.95 bits per heavy atom. The largest absolute Gasteiger partial charge is 0.481 e. The number of alkyl halides is 3. The van der Waals surface area contributed by atoms with Crippen LogP contribution in [-0.2, 0) is 4.79 Å². The number of nitrogens with zero attached hydrogens (tertiary/aromatic N) is 1. The van der Waals surface area contributed by atoms with Gasteiger partial charge < -0.3 is 15.3 Å². The van der Waals surface area contributed by atoms with Crippen LogP contribution in [-0.4, -0.2) is 48.3 Å². The summed E-state index contributed by atoms with van der Waals surface area (Å²) in [6, 6.07) is -0.839. The summed E-state index contributed by atoms with van der Waals surface area (Å²) in [5.41, 5.74) is -0.499. The molecule has 0 aromatic rings. The van der Waals surface area contributed by atoms with Crippen LogP contribution in [0.25, 0.3) is 0 Å². The second kappa shape index (κ2) is 5.66. The molecule has 0 aromatic heterocycles. The Labute approximate surface area is 108 Å². The highest BCUT2D eigenvalue weighted by Crippen LogP contribution is 2.43. The lowest BCUT2D eigenvalue weighted by molar-refractivity contribution is -0.141. The SMILES string of the molecule is CN(CC(F)(F)F)C(=O)NCC1(CC(=O)O)CCC1. The Kier molecular flexibility index (Phi) is 4.65. The van der Waals surface area contributed by atoms with E-state index in [4.69, 9.17) is 5.11 Å². The van der Waals surface area contributed by atoms with Gasteiger partial charge in [0, 0.05) is 13.6 Å². The van der Waals surface area contributed by atoms with Gasteiger partial charge in [-0.15, -0.1) is 0 Å². The zero-order valence-corrected chi connectivity index (χ0v) is 10.6. The Hall–Kier alpha value is -1.47. The first-order chi connectivity index (χ1) is 8.64. The van der Waals surface area contributed by atoms with Crippen LogP contribution in [0, 0.1) is 5.41 Å². The van der Waals surface area contributed by atoms with Gasteiger partial charge in [0.05, 0.1) is 6.42 Å². The molecule has 0 unspecified atom stereocenters. The van der Waals surface area contributed by atoms with Gasteiger partial charge in [0.2, 0.25) is 0 Å². The molecule has 110 valence electrons. The fraction of sp³-hybridized carbons (Fsp3) is 0.818. The molecule has 0 atom stereocenters. The highest BCUT2D eigenvalue weighted by molar-refractivity contribution is 5.74. The van der Waals surface area contributed by atoms with Gasteiger partial charge in [0.1, 0.15) is 6.54 Å². The van der Waals surface area contributed by atoms with Crippen molar-refractivity contribution in [2.75, 3.05) is 20.1 Å². The van der Waals surface area contributed by atoms with Crippen molar-refractivity contribution in [3.05, 3.63) is 0 Å². The minimum atomic E-state index is -4.44. The van der Waals surface area contributed by atoms with E-state index < -0.39 is 30.1 Å². The summed E-state index contributed by atoms with van der Waals surface area (Å²) in [7, 11) is 1.05. The number of carbonyl (C=O) groups is 2. The van der Waals surface area contributed by atoms with Gasteiger partial charge in [0.15, 0.2) is 0 Å². The first-order valence-corrected chi connectivity index (χ1v) is 5.91. The van der Waals surface area contributed by atoms with E-state index in [1.165, 1.54) is 0 Å². The van der Waals surface area contributed by atoms with Gasteiger partial charge in [-0.2, -0.15) is 13.2 Å². The molecular formula is C11H17F3N2O3. The summed E-state index contributed by atoms with van der Waals surface area (Å²) in [6.45, 7) is -1.23. The highest BCUT2D eigenvalue weighted by atomic mass is 19.4. The second-order valence-corrected chi connectivity index (χ2v) is 5.05. The number of halogens is 3. The molecule has 0 heterocycles. The van der Waals surface area contributed by atoms with Crippen LogP contribution in [0.3, 0.4) is 0 Å². The maximum atomic E-state index is 12.1. The van der Waals surface area contributed by atoms with Gasteiger partial charge in [-0.3, -0.25) is 4.79 Å². The van der Waals surface area contributed by atoms with Gasteiger partial charge in [-0.25, -0.2) is 4.79 Å². The van der Waals surface area contributed by atoms with E-state index in [1.54, 1.807) is 0 Å². The van der Waals surface area contributed by atoms with E-state index in [1.807, 2.05) is 0 Å². The molecule has 1 aliphatic carbocycles. The molecule has 0 spiro atoms. The summed E-state index contributed by atoms with van der Waals surface area (Å²) in [6.07, 6.45) is -2.30. The predicted octanol–water partition coefficient (Wildman–Crippen LogP) is 1.84. The van der Waals surface area contributed by atoms with Crippen LogP contribution in [0.4, 0.5) is 18.0 Å². The van der Waals surface area contributed by atoms with Crippen LogP contribution >= 0.6 is 0 Å². The lowest BCUT2D eigenvalue weighted by atomic mass is 9.66. The Morgan fingerprint density at radius 1 is 1.37 bits per heavy atom. The summed E-state index contributed by atoms with van der Waals surface area (Å²) in [5.74, 6) is -0.961. The number of nitrogens with one attached hydrogen (secondary N) is 1. The molecule has 1 aliphatic rings. The molecule has 2 N–H and O–H groups in total. The van der Waals surface area contributed by atoms with Crippen LogP contribution in [0.15, 0.2) is 0 Å². The van der Waals surface area contributed by atoms with Crippen molar-refractivity contribution >= 4 is 12.0 Å². The van der Waals surface area contributed by atoms with E-state index in [-0.39, 0.29) is 13.0 Å². The molecule has 19 heavy (non-hydrogen) atoms. The first-order valence-electron chi connectivity index (χ1n) is 5.91. The average molecular weight is 282 g/mol. The molecule has 1 fully saturated rings. The number of hydrogen-bond donors (Lipinski definition) is 2. The number of rotatable bonds is 5. The number of hydrogen-bond acceptors (Lipinski definition) is 2. The van der Waals surface area contributed by atoms with Crippen molar-refractivity contribution < 1.29 is 27.9 Å². The minimum absolute atomic E-state index is 0.0731. The number of carboxylic acid groups (broad SMARTS) is 1. The molecule has 0 aliphatic heterocycles. The molecule has 2 amide bonds. The predicted molar refractivity (Wildman–Crippen MR) is 60.6 cm³/mol. The van der Waals surface area contributed by atoms with Crippen LogP contribution < -0.4 is 5.32 Å². The molecule has 1 rings (SSSR count). The number of aliphatic carboxylic acids is 1. The zero-order valence-electron chi connectivity index (χ0n) is 10.6. The van der Waals surface area contributed by atoms with Crippen molar-refractivity contribution in [3.63, 3.8) is 0 Å². The Morgan fingerprint density at radius 3 is 2.32 bits per heavy atom. The van der Waals surface area contributed by atoms with E-state index in [0.29, 0.717) is 17.7 Å². The molecule has 5 nitrogen and oxygen atoms in total. The van der Waals surface area contributed by atoms with Crippen LogP contribution in [0.5, 0.6) is 0 Å². The summed E-state index contributed by atoms with van der Waals surface area (Å²) in [5, 5.41) is 11.1. The monoisotopic (exact) mass is 282 g/mol. The van der Waals surface area contributed by atoms with Crippen molar-refractivity contribution in [1.82, 2.24) is 10.2 Å². The first kappa shape index (κ1) is 15.6. The van der Waals surface area contributed by atoms with E-state index in [9.17, 15) is 22.8 Å². The lowest BCUT2D eigenvalue weighted by Gasteiger charge is -2.41. The Balaban J connectivity index is 2.42. The molecule has 8 heteroatoms. The number of urea groups is 1. The standard InChI is InChI=1S/C11H17F3N2O3/c1-16(7-11(12,13)14)9(19)15-6-10(3-2-4-10)5-8(17)18/h2-7H2,1H3,(H,15,19)(H,17,18). The molecule has 1 saturated carbocycles. The number of carbonyl (C=O) groups excluding carboxylic acids is 1. The summed E-state index contributed by atoms with van der Waals surface area (Å²) < 4.78 is 36.3. The van der Waals surface area contributed by atoms with E-state index in [0.717, 1.165) is 13.5 Å². The number of carboxylic acids is 1. The van der Waals surface area contributed by atoms with Crippen LogP contribution in [0.2, 0.25) is 0 Å².